The predicted octanol–water partition coefficient (Wildman–Crippen LogP) is 2.35. The van der Waals surface area contributed by atoms with Crippen LogP contribution in [-0.2, 0) is 7.05 Å². The number of fused-ring (bicyclic) bond motifs is 1. The molecule has 0 N–H and O–H groups in total. The van der Waals surface area contributed by atoms with Gasteiger partial charge in [0, 0.05) is 0 Å². The summed E-state index contributed by atoms with van der Waals surface area (Å²) in [5, 5.41) is 1.12. The molecule has 0 radical (unpaired) electrons. The molecule has 3 aromatic rings. The van der Waals surface area contributed by atoms with Crippen LogP contribution in [0.15, 0.2) is 60.7 Å². The van der Waals surface area contributed by atoms with Crippen molar-refractivity contribution in [2.45, 2.75) is 0 Å². The second kappa shape index (κ2) is 5.04. The molecule has 1 aromatic heterocycles. The molecule has 0 amide bonds. The molecule has 3 heteroatoms. The van der Waals surface area contributed by atoms with Crippen LogP contribution in [0.25, 0.3) is 10.9 Å². The van der Waals surface area contributed by atoms with E-state index in [1.807, 2.05) is 72.3 Å². The number of rotatable bonds is 3. The van der Waals surface area contributed by atoms with Crippen LogP contribution in [0, 0.1) is 0 Å². The number of hydrogen-bond donors (Lipinski definition) is 0. The number of para-hydroxylation sites is 1. The first-order valence-corrected chi connectivity index (χ1v) is 7.79. The topological polar surface area (TPSA) is 22.0 Å². The molecule has 0 atom stereocenters. The molecule has 94 valence electrons. The standard InChI is InChI=1S/C16H13NOSe/c1-17-14-10-6-5-7-12(14)11-15(17)16(18)19-13-8-3-2-4-9-13/h2-11H,1H3. The van der Waals surface area contributed by atoms with Gasteiger partial charge in [-0.3, -0.25) is 0 Å². The number of carbonyl (C=O) groups is 1. The first-order chi connectivity index (χ1) is 9.25. The minimum atomic E-state index is -0.163. The Morgan fingerprint density at radius 1 is 1.00 bits per heavy atom. The number of nitrogens with zero attached hydrogens (tertiary/aromatic N) is 1. The Hall–Kier alpha value is -1.83. The third kappa shape index (κ3) is 2.35. The first kappa shape index (κ1) is 12.2. The third-order valence-electron chi connectivity index (χ3n) is 3.11. The van der Waals surface area contributed by atoms with Gasteiger partial charge in [-0.15, -0.1) is 0 Å². The fraction of sp³-hybridized carbons (Fsp3) is 0.0625. The minimum absolute atomic E-state index is 0.163. The van der Waals surface area contributed by atoms with Crippen molar-refractivity contribution in [3.8, 4) is 0 Å². The predicted molar refractivity (Wildman–Crippen MR) is 79.1 cm³/mol. The van der Waals surface area contributed by atoms with Crippen molar-refractivity contribution >= 4 is 35.0 Å². The quantitative estimate of drug-likeness (QED) is 0.680. The Kier molecular flexibility index (Phi) is 3.24. The van der Waals surface area contributed by atoms with Gasteiger partial charge in [0.2, 0.25) is 0 Å². The van der Waals surface area contributed by atoms with Gasteiger partial charge in [0.1, 0.15) is 0 Å². The fourth-order valence-corrected chi connectivity index (χ4v) is 3.83. The molecule has 0 aliphatic rings. The van der Waals surface area contributed by atoms with Crippen LogP contribution in [0.4, 0.5) is 0 Å². The number of aryl methyl sites for hydroxylation is 1. The average Bonchev–Trinajstić information content (AvgIpc) is 2.78. The molecular weight excluding hydrogens is 301 g/mol. The summed E-state index contributed by atoms with van der Waals surface area (Å²) in [5.74, 6) is 0. The SMILES string of the molecule is Cn1c(C(=O)[Se]c2ccccc2)cc2ccccc21. The molecular formula is C16H13NOSe. The van der Waals surface area contributed by atoms with Gasteiger partial charge >= 0.3 is 118 Å². The number of aromatic nitrogens is 1. The Morgan fingerprint density at radius 2 is 1.68 bits per heavy atom. The maximum atomic E-state index is 12.4. The van der Waals surface area contributed by atoms with Gasteiger partial charge in [0.05, 0.1) is 0 Å². The van der Waals surface area contributed by atoms with E-state index in [2.05, 4.69) is 0 Å². The maximum absolute atomic E-state index is 12.4. The van der Waals surface area contributed by atoms with Crippen LogP contribution in [0.3, 0.4) is 0 Å². The van der Waals surface area contributed by atoms with Crippen LogP contribution in [-0.4, -0.2) is 24.2 Å². The zero-order chi connectivity index (χ0) is 13.2. The first-order valence-electron chi connectivity index (χ1n) is 6.07. The zero-order valence-electron chi connectivity index (χ0n) is 10.5. The van der Waals surface area contributed by atoms with Crippen LogP contribution < -0.4 is 4.46 Å². The van der Waals surface area contributed by atoms with Crippen LogP contribution in [0.5, 0.6) is 0 Å². The molecule has 3 rings (SSSR count). The van der Waals surface area contributed by atoms with E-state index in [9.17, 15) is 4.79 Å². The Bertz CT molecular complexity index is 731. The van der Waals surface area contributed by atoms with E-state index in [-0.39, 0.29) is 19.6 Å². The molecule has 2 nitrogen and oxygen atoms in total. The molecule has 0 unspecified atom stereocenters. The van der Waals surface area contributed by atoms with E-state index in [0.29, 0.717) is 0 Å². The van der Waals surface area contributed by atoms with E-state index in [1.165, 1.54) is 0 Å². The van der Waals surface area contributed by atoms with E-state index in [1.54, 1.807) is 0 Å². The van der Waals surface area contributed by atoms with Crippen LogP contribution in [0.2, 0.25) is 0 Å². The van der Waals surface area contributed by atoms with Crippen molar-refractivity contribution in [2.75, 3.05) is 0 Å². The molecule has 0 bridgehead atoms. The summed E-state index contributed by atoms with van der Waals surface area (Å²) in [7, 11) is 1.95. The average molecular weight is 314 g/mol. The monoisotopic (exact) mass is 315 g/mol. The van der Waals surface area contributed by atoms with E-state index in [4.69, 9.17) is 0 Å². The Morgan fingerprint density at radius 3 is 2.42 bits per heavy atom. The van der Waals surface area contributed by atoms with Gasteiger partial charge in [-0.2, -0.15) is 0 Å². The number of carbonyl (C=O) groups excluding carboxylic acids is 1. The van der Waals surface area contributed by atoms with Crippen molar-refractivity contribution in [1.29, 1.82) is 0 Å². The molecule has 0 fully saturated rings. The molecule has 1 heterocycles. The zero-order valence-corrected chi connectivity index (χ0v) is 12.3. The van der Waals surface area contributed by atoms with Crippen molar-refractivity contribution in [1.82, 2.24) is 4.57 Å². The fourth-order valence-electron chi connectivity index (χ4n) is 2.13. The summed E-state index contributed by atoms with van der Waals surface area (Å²) in [6.45, 7) is 0. The van der Waals surface area contributed by atoms with Crippen LogP contribution >= 0.6 is 0 Å². The van der Waals surface area contributed by atoms with E-state index >= 15 is 0 Å². The van der Waals surface area contributed by atoms with Crippen molar-refractivity contribution in [3.63, 3.8) is 0 Å². The van der Waals surface area contributed by atoms with Gasteiger partial charge in [0.25, 0.3) is 0 Å². The summed E-state index contributed by atoms with van der Waals surface area (Å²) in [6.07, 6.45) is 0. The molecule has 19 heavy (non-hydrogen) atoms. The second-order valence-electron chi connectivity index (χ2n) is 4.35. The third-order valence-corrected chi connectivity index (χ3v) is 5.01. The van der Waals surface area contributed by atoms with Gasteiger partial charge in [0.15, 0.2) is 0 Å². The molecule has 0 aliphatic carbocycles. The summed E-state index contributed by atoms with van der Waals surface area (Å²) in [6, 6.07) is 20.0. The van der Waals surface area contributed by atoms with Gasteiger partial charge < -0.3 is 0 Å². The van der Waals surface area contributed by atoms with Crippen molar-refractivity contribution in [2.24, 2.45) is 7.05 Å². The Labute approximate surface area is 118 Å². The summed E-state index contributed by atoms with van der Waals surface area (Å²) >= 11 is -0.163. The number of benzene rings is 2. The van der Waals surface area contributed by atoms with E-state index < -0.39 is 0 Å². The van der Waals surface area contributed by atoms with Gasteiger partial charge in [-0.25, -0.2) is 0 Å². The Balaban J connectivity index is 1.96. The number of hydrogen-bond acceptors (Lipinski definition) is 1. The molecule has 2 aromatic carbocycles. The molecule has 0 saturated heterocycles. The van der Waals surface area contributed by atoms with Gasteiger partial charge in [-0.1, -0.05) is 0 Å². The molecule has 0 spiro atoms. The van der Waals surface area contributed by atoms with Crippen molar-refractivity contribution in [3.05, 3.63) is 66.4 Å². The summed E-state index contributed by atoms with van der Waals surface area (Å²) < 4.78 is 3.32. The van der Waals surface area contributed by atoms with Crippen LogP contribution in [0.1, 0.15) is 10.5 Å². The normalized spacial score (nSPS) is 10.8. The molecule has 0 saturated carbocycles. The van der Waals surface area contributed by atoms with Gasteiger partial charge in [-0.05, 0) is 0 Å². The summed E-state index contributed by atoms with van der Waals surface area (Å²) in [5.41, 5.74) is 1.90. The molecule has 0 aliphatic heterocycles. The van der Waals surface area contributed by atoms with Crippen molar-refractivity contribution < 1.29 is 4.79 Å². The van der Waals surface area contributed by atoms with E-state index in [0.717, 1.165) is 21.1 Å². The summed E-state index contributed by atoms with van der Waals surface area (Å²) in [4.78, 5) is 12.4. The second-order valence-corrected chi connectivity index (χ2v) is 6.55.